The number of ether oxygens (including phenoxy) is 5. The summed E-state index contributed by atoms with van der Waals surface area (Å²) in [7, 11) is 4.75. The number of nitrogens with one attached hydrogen (secondary N) is 2. The topological polar surface area (TPSA) is 94.8 Å². The van der Waals surface area contributed by atoms with Crippen molar-refractivity contribution in [2.75, 3.05) is 41.2 Å². The maximum atomic E-state index is 12.2. The van der Waals surface area contributed by atoms with E-state index in [9.17, 15) is 4.79 Å². The van der Waals surface area contributed by atoms with Gasteiger partial charge in [0.2, 0.25) is 0 Å². The van der Waals surface area contributed by atoms with Crippen molar-refractivity contribution in [1.29, 1.82) is 0 Å². The lowest BCUT2D eigenvalue weighted by Gasteiger charge is -2.23. The molecule has 0 bridgehead atoms. The fraction of sp³-hybridized carbons (Fsp3) is 0.714. The van der Waals surface area contributed by atoms with Crippen LogP contribution in [0.15, 0.2) is 11.0 Å². The van der Waals surface area contributed by atoms with E-state index in [1.54, 1.807) is 27.5 Å². The molecule has 2 heterocycles. The molecule has 2 N–H and O–H groups in total. The molecule has 0 saturated carbocycles. The highest BCUT2D eigenvalue weighted by atomic mass is 32.1. The van der Waals surface area contributed by atoms with E-state index in [1.165, 1.54) is 0 Å². The highest BCUT2D eigenvalue weighted by Crippen LogP contribution is 2.35. The third-order valence-corrected chi connectivity index (χ3v) is 3.89. The number of aromatic amines is 2. The van der Waals surface area contributed by atoms with Gasteiger partial charge in [-0.1, -0.05) is 0 Å². The van der Waals surface area contributed by atoms with E-state index in [0.717, 1.165) is 0 Å². The first-order valence-corrected chi connectivity index (χ1v) is 7.62. The van der Waals surface area contributed by atoms with E-state index >= 15 is 0 Å². The SMILES string of the molecule is COCCO[C@H]1C(OC)[C@@H](COC)O[C@H]1c1c[nH]c(=S)[nH]c1=O. The molecular formula is C14H22N2O6S. The van der Waals surface area contributed by atoms with Crippen LogP contribution in [0, 0.1) is 4.77 Å². The Morgan fingerprint density at radius 1 is 1.22 bits per heavy atom. The predicted molar refractivity (Wildman–Crippen MR) is 84.2 cm³/mol. The Kier molecular flexibility index (Phi) is 6.88. The molecular weight excluding hydrogens is 324 g/mol. The van der Waals surface area contributed by atoms with E-state index in [-0.39, 0.29) is 22.5 Å². The predicted octanol–water partition coefficient (Wildman–Crippen LogP) is 0.565. The van der Waals surface area contributed by atoms with Crippen LogP contribution in [0.5, 0.6) is 0 Å². The van der Waals surface area contributed by atoms with Crippen LogP contribution < -0.4 is 5.56 Å². The van der Waals surface area contributed by atoms with E-state index < -0.39 is 12.2 Å². The summed E-state index contributed by atoms with van der Waals surface area (Å²) in [5.41, 5.74) is 0.0914. The second-order valence-corrected chi connectivity index (χ2v) is 5.51. The van der Waals surface area contributed by atoms with Crippen molar-refractivity contribution in [2.24, 2.45) is 0 Å². The summed E-state index contributed by atoms with van der Waals surface area (Å²) < 4.78 is 27.8. The van der Waals surface area contributed by atoms with Gasteiger partial charge in [-0.3, -0.25) is 9.78 Å². The first kappa shape index (κ1) is 18.2. The van der Waals surface area contributed by atoms with Crippen LogP contribution in [0.25, 0.3) is 0 Å². The first-order valence-electron chi connectivity index (χ1n) is 7.22. The zero-order valence-electron chi connectivity index (χ0n) is 13.4. The number of rotatable bonds is 8. The summed E-state index contributed by atoms with van der Waals surface area (Å²) >= 11 is 4.92. The van der Waals surface area contributed by atoms with Crippen molar-refractivity contribution >= 4 is 12.2 Å². The molecule has 0 amide bonds. The maximum absolute atomic E-state index is 12.2. The van der Waals surface area contributed by atoms with Gasteiger partial charge in [-0.25, -0.2) is 0 Å². The van der Waals surface area contributed by atoms with Gasteiger partial charge in [0.1, 0.15) is 24.4 Å². The second-order valence-electron chi connectivity index (χ2n) is 5.11. The molecule has 130 valence electrons. The molecule has 0 radical (unpaired) electrons. The van der Waals surface area contributed by atoms with Crippen molar-refractivity contribution in [3.05, 3.63) is 26.9 Å². The van der Waals surface area contributed by atoms with Gasteiger partial charge in [-0.2, -0.15) is 0 Å². The molecule has 8 nitrogen and oxygen atoms in total. The average Bonchev–Trinajstić information content (AvgIpc) is 2.85. The lowest BCUT2D eigenvalue weighted by molar-refractivity contribution is -0.0659. The zero-order chi connectivity index (χ0) is 16.8. The van der Waals surface area contributed by atoms with Crippen LogP contribution in [0.4, 0.5) is 0 Å². The number of methoxy groups -OCH3 is 3. The molecule has 23 heavy (non-hydrogen) atoms. The standard InChI is InChI=1S/C14H22N2O6S/c1-18-4-5-21-12-10(8-6-15-14(23)16-13(8)17)22-9(7-19-2)11(12)20-3/h6,9-12H,4-5,7H2,1-3H3,(H2,15,16,17,23)/t9-,10+,11?,12-/m1/s1. The van der Waals surface area contributed by atoms with Crippen LogP contribution >= 0.6 is 12.2 Å². The van der Waals surface area contributed by atoms with Gasteiger partial charge in [0.25, 0.3) is 5.56 Å². The molecule has 4 atom stereocenters. The third-order valence-electron chi connectivity index (χ3n) is 3.67. The van der Waals surface area contributed by atoms with Crippen molar-refractivity contribution in [1.82, 2.24) is 9.97 Å². The number of aromatic nitrogens is 2. The molecule has 1 aliphatic rings. The Bertz CT molecular complexity index is 603. The number of hydrogen-bond acceptors (Lipinski definition) is 7. The van der Waals surface area contributed by atoms with E-state index in [1.807, 2.05) is 0 Å². The Balaban J connectivity index is 2.29. The Labute approximate surface area is 139 Å². The molecule has 1 fully saturated rings. The molecule has 1 aromatic heterocycles. The van der Waals surface area contributed by atoms with Gasteiger partial charge in [0, 0.05) is 27.5 Å². The van der Waals surface area contributed by atoms with Gasteiger partial charge in [0.05, 0.1) is 25.4 Å². The van der Waals surface area contributed by atoms with E-state index in [2.05, 4.69) is 9.97 Å². The van der Waals surface area contributed by atoms with Crippen molar-refractivity contribution < 1.29 is 23.7 Å². The Morgan fingerprint density at radius 2 is 2.00 bits per heavy atom. The van der Waals surface area contributed by atoms with Crippen LogP contribution in [-0.4, -0.2) is 69.4 Å². The number of H-pyrrole nitrogens is 2. The van der Waals surface area contributed by atoms with Crippen LogP contribution in [0.3, 0.4) is 0 Å². The summed E-state index contributed by atoms with van der Waals surface area (Å²) in [4.78, 5) is 17.6. The number of hydrogen-bond donors (Lipinski definition) is 2. The monoisotopic (exact) mass is 346 g/mol. The minimum absolute atomic E-state index is 0.255. The van der Waals surface area contributed by atoms with Crippen molar-refractivity contribution in [2.45, 2.75) is 24.4 Å². The van der Waals surface area contributed by atoms with Crippen molar-refractivity contribution in [3.63, 3.8) is 0 Å². The largest absolute Gasteiger partial charge is 0.382 e. The zero-order valence-corrected chi connectivity index (χ0v) is 14.2. The molecule has 1 saturated heterocycles. The molecule has 2 rings (SSSR count). The highest BCUT2D eigenvalue weighted by Gasteiger charge is 2.47. The van der Waals surface area contributed by atoms with Crippen LogP contribution in [0.2, 0.25) is 0 Å². The lowest BCUT2D eigenvalue weighted by Crippen LogP contribution is -2.38. The summed E-state index contributed by atoms with van der Waals surface area (Å²) in [6.45, 7) is 1.13. The molecule has 1 aliphatic heterocycles. The molecule has 0 spiro atoms. The van der Waals surface area contributed by atoms with Crippen LogP contribution in [0.1, 0.15) is 11.7 Å². The lowest BCUT2D eigenvalue weighted by atomic mass is 10.0. The van der Waals surface area contributed by atoms with Gasteiger partial charge < -0.3 is 28.7 Å². The molecule has 1 unspecified atom stereocenters. The van der Waals surface area contributed by atoms with Gasteiger partial charge >= 0.3 is 0 Å². The summed E-state index contributed by atoms with van der Waals surface area (Å²) in [5.74, 6) is 0. The third kappa shape index (κ3) is 4.25. The highest BCUT2D eigenvalue weighted by molar-refractivity contribution is 7.71. The summed E-state index contributed by atoms with van der Waals surface area (Å²) in [6, 6.07) is 0. The van der Waals surface area contributed by atoms with Gasteiger partial charge in [-0.15, -0.1) is 0 Å². The average molecular weight is 346 g/mol. The molecule has 0 aromatic carbocycles. The van der Waals surface area contributed by atoms with Gasteiger partial charge in [0.15, 0.2) is 4.77 Å². The quantitative estimate of drug-likeness (QED) is 0.525. The summed E-state index contributed by atoms with van der Waals surface area (Å²) in [5, 5.41) is 0. The first-order chi connectivity index (χ1) is 11.1. The fourth-order valence-electron chi connectivity index (χ4n) is 2.64. The minimum Gasteiger partial charge on any atom is -0.382 e. The second kappa shape index (κ2) is 8.67. The molecule has 9 heteroatoms. The smallest absolute Gasteiger partial charge is 0.257 e. The maximum Gasteiger partial charge on any atom is 0.257 e. The Hall–Kier alpha value is -1.10. The normalized spacial score (nSPS) is 27.4. The van der Waals surface area contributed by atoms with E-state index in [0.29, 0.717) is 25.4 Å². The van der Waals surface area contributed by atoms with Crippen molar-refractivity contribution in [3.8, 4) is 0 Å². The fourth-order valence-corrected chi connectivity index (χ4v) is 2.79. The van der Waals surface area contributed by atoms with Crippen LogP contribution in [-0.2, 0) is 23.7 Å². The molecule has 0 aliphatic carbocycles. The molecule has 1 aromatic rings. The summed E-state index contributed by atoms with van der Waals surface area (Å²) in [6.07, 6.45) is -0.210. The van der Waals surface area contributed by atoms with Gasteiger partial charge in [-0.05, 0) is 12.2 Å². The Morgan fingerprint density at radius 3 is 2.61 bits per heavy atom. The minimum atomic E-state index is -0.590. The van der Waals surface area contributed by atoms with E-state index in [4.69, 9.17) is 35.9 Å².